The van der Waals surface area contributed by atoms with Crippen LogP contribution < -0.4 is 5.32 Å². The molecule has 0 spiro atoms. The maximum Gasteiger partial charge on any atom is 0.242 e. The van der Waals surface area contributed by atoms with Crippen LogP contribution in [0.1, 0.15) is 38.2 Å². The second-order valence-corrected chi connectivity index (χ2v) is 5.55. The molecule has 0 bridgehead atoms. The van der Waals surface area contributed by atoms with Crippen LogP contribution in [0.5, 0.6) is 0 Å². The number of carbonyl (C=O) groups is 1. The van der Waals surface area contributed by atoms with E-state index in [-0.39, 0.29) is 11.4 Å². The van der Waals surface area contributed by atoms with Crippen LogP contribution in [0.4, 0.5) is 0 Å². The Balaban J connectivity index is 2.04. The van der Waals surface area contributed by atoms with E-state index in [9.17, 15) is 4.79 Å². The minimum Gasteiger partial charge on any atom is -0.340 e. The maximum absolute atomic E-state index is 12.7. The van der Waals surface area contributed by atoms with Gasteiger partial charge in [0, 0.05) is 32.4 Å². The maximum atomic E-state index is 12.7. The average molecular weight is 264 g/mol. The van der Waals surface area contributed by atoms with Gasteiger partial charge in [-0.25, -0.2) is 0 Å². The average Bonchev–Trinajstić information content (AvgIpc) is 2.99. The summed E-state index contributed by atoms with van der Waals surface area (Å²) in [4.78, 5) is 14.5. The molecule has 106 valence electrons. The predicted molar refractivity (Wildman–Crippen MR) is 74.6 cm³/mol. The first-order valence-electron chi connectivity index (χ1n) is 7.05. The molecule has 1 unspecified atom stereocenters. The monoisotopic (exact) mass is 264 g/mol. The highest BCUT2D eigenvalue weighted by Gasteiger charge is 2.41. The number of hydrogen-bond acceptors (Lipinski definition) is 3. The van der Waals surface area contributed by atoms with Crippen molar-refractivity contribution in [2.45, 2.75) is 44.7 Å². The van der Waals surface area contributed by atoms with Crippen molar-refractivity contribution in [3.05, 3.63) is 18.0 Å². The van der Waals surface area contributed by atoms with Gasteiger partial charge >= 0.3 is 0 Å². The van der Waals surface area contributed by atoms with E-state index in [1.165, 1.54) is 0 Å². The number of aromatic nitrogens is 2. The first-order valence-corrected chi connectivity index (χ1v) is 7.05. The lowest BCUT2D eigenvalue weighted by atomic mass is 9.90. The van der Waals surface area contributed by atoms with Crippen molar-refractivity contribution in [1.82, 2.24) is 20.0 Å². The van der Waals surface area contributed by atoms with E-state index in [4.69, 9.17) is 0 Å². The zero-order valence-electron chi connectivity index (χ0n) is 12.1. The molecular formula is C14H24N4O. The van der Waals surface area contributed by atoms with Gasteiger partial charge in [-0.3, -0.25) is 9.48 Å². The first kappa shape index (κ1) is 14.1. The summed E-state index contributed by atoms with van der Waals surface area (Å²) < 4.78 is 1.77. The van der Waals surface area contributed by atoms with Crippen molar-refractivity contribution in [1.29, 1.82) is 0 Å². The van der Waals surface area contributed by atoms with E-state index < -0.39 is 0 Å². The Morgan fingerprint density at radius 1 is 1.63 bits per heavy atom. The molecule has 2 heterocycles. The van der Waals surface area contributed by atoms with Crippen LogP contribution in [0.15, 0.2) is 12.4 Å². The van der Waals surface area contributed by atoms with Gasteiger partial charge < -0.3 is 10.2 Å². The van der Waals surface area contributed by atoms with E-state index in [0.717, 1.165) is 37.8 Å². The summed E-state index contributed by atoms with van der Waals surface area (Å²) in [5.41, 5.74) is 0.745. The fraction of sp³-hybridized carbons (Fsp3) is 0.714. The third kappa shape index (κ3) is 2.97. The molecule has 1 aliphatic heterocycles. The molecular weight excluding hydrogens is 240 g/mol. The summed E-state index contributed by atoms with van der Waals surface area (Å²) in [6, 6.07) is 0. The fourth-order valence-corrected chi connectivity index (χ4v) is 3.00. The molecule has 0 saturated carbocycles. The van der Waals surface area contributed by atoms with Gasteiger partial charge in [-0.15, -0.1) is 0 Å². The van der Waals surface area contributed by atoms with Crippen LogP contribution in [0.2, 0.25) is 0 Å². The summed E-state index contributed by atoms with van der Waals surface area (Å²) in [5, 5.41) is 7.57. The largest absolute Gasteiger partial charge is 0.340 e. The Bertz CT molecular complexity index is 434. The van der Waals surface area contributed by atoms with Gasteiger partial charge in [0.05, 0.1) is 11.7 Å². The zero-order valence-corrected chi connectivity index (χ0v) is 12.1. The van der Waals surface area contributed by atoms with Gasteiger partial charge in [-0.2, -0.15) is 5.10 Å². The lowest BCUT2D eigenvalue weighted by molar-refractivity contribution is -0.137. The van der Waals surface area contributed by atoms with Gasteiger partial charge in [0.25, 0.3) is 0 Å². The van der Waals surface area contributed by atoms with E-state index in [1.807, 2.05) is 31.4 Å². The Kier molecular flexibility index (Phi) is 4.24. The first-order chi connectivity index (χ1) is 9.07. The second-order valence-electron chi connectivity index (χ2n) is 5.55. The molecule has 5 heteroatoms. The quantitative estimate of drug-likeness (QED) is 0.872. The second kappa shape index (κ2) is 5.74. The van der Waals surface area contributed by atoms with E-state index in [0.29, 0.717) is 6.54 Å². The highest BCUT2D eigenvalue weighted by Crippen LogP contribution is 2.27. The van der Waals surface area contributed by atoms with Crippen LogP contribution in [0, 0.1) is 0 Å². The van der Waals surface area contributed by atoms with Crippen molar-refractivity contribution in [3.63, 3.8) is 0 Å². The topological polar surface area (TPSA) is 50.2 Å². The smallest absolute Gasteiger partial charge is 0.242 e. The standard InChI is InChI=1S/C14H24N4O/c1-4-6-14(7-5-8-15-14)13(19)17(2)10-12-9-16-18(3)11-12/h9,11,15H,4-8,10H2,1-3H3. The number of hydrogen-bond donors (Lipinski definition) is 1. The molecule has 1 saturated heterocycles. The van der Waals surface area contributed by atoms with Crippen molar-refractivity contribution in [3.8, 4) is 0 Å². The summed E-state index contributed by atoms with van der Waals surface area (Å²) in [6.45, 7) is 3.71. The molecule has 1 aliphatic rings. The van der Waals surface area contributed by atoms with E-state index in [1.54, 1.807) is 4.68 Å². The number of rotatable bonds is 5. The number of amides is 1. The third-order valence-corrected chi connectivity index (χ3v) is 3.85. The van der Waals surface area contributed by atoms with Crippen LogP contribution in [0.25, 0.3) is 0 Å². The Labute approximate surface area is 115 Å². The van der Waals surface area contributed by atoms with Gasteiger partial charge in [-0.1, -0.05) is 13.3 Å². The molecule has 0 aliphatic carbocycles. The SMILES string of the molecule is CCCC1(C(=O)N(C)Cc2cnn(C)c2)CCCN1. The van der Waals surface area contributed by atoms with E-state index in [2.05, 4.69) is 17.3 Å². The van der Waals surface area contributed by atoms with Gasteiger partial charge in [0.15, 0.2) is 0 Å². The molecule has 1 atom stereocenters. The van der Waals surface area contributed by atoms with Crippen LogP contribution >= 0.6 is 0 Å². The Morgan fingerprint density at radius 2 is 2.42 bits per heavy atom. The molecule has 19 heavy (non-hydrogen) atoms. The minimum absolute atomic E-state index is 0.218. The lowest BCUT2D eigenvalue weighted by Gasteiger charge is -2.32. The van der Waals surface area contributed by atoms with Gasteiger partial charge in [0.1, 0.15) is 0 Å². The minimum atomic E-state index is -0.328. The normalized spacial score (nSPS) is 22.7. The summed E-state index contributed by atoms with van der Waals surface area (Å²) in [6.07, 6.45) is 7.77. The van der Waals surface area contributed by atoms with Crippen molar-refractivity contribution >= 4 is 5.91 Å². The molecule has 1 N–H and O–H groups in total. The molecule has 1 amide bonds. The third-order valence-electron chi connectivity index (χ3n) is 3.85. The summed E-state index contributed by atoms with van der Waals surface area (Å²) in [5.74, 6) is 0.218. The zero-order chi connectivity index (χ0) is 13.9. The number of nitrogens with one attached hydrogen (secondary N) is 1. The molecule has 1 aromatic rings. The van der Waals surface area contributed by atoms with Crippen LogP contribution in [0.3, 0.4) is 0 Å². The lowest BCUT2D eigenvalue weighted by Crippen LogP contribution is -2.53. The summed E-state index contributed by atoms with van der Waals surface area (Å²) in [7, 11) is 3.77. The molecule has 1 fully saturated rings. The van der Waals surface area contributed by atoms with Crippen molar-refractivity contribution in [2.75, 3.05) is 13.6 Å². The van der Waals surface area contributed by atoms with Crippen LogP contribution in [-0.2, 0) is 18.4 Å². The molecule has 0 radical (unpaired) electrons. The van der Waals surface area contributed by atoms with Crippen molar-refractivity contribution < 1.29 is 4.79 Å². The number of likely N-dealkylation sites (N-methyl/N-ethyl adjacent to an activating group) is 1. The predicted octanol–water partition coefficient (Wildman–Crippen LogP) is 1.30. The van der Waals surface area contributed by atoms with Crippen molar-refractivity contribution in [2.24, 2.45) is 7.05 Å². The fourth-order valence-electron chi connectivity index (χ4n) is 3.00. The summed E-state index contributed by atoms with van der Waals surface area (Å²) >= 11 is 0. The van der Waals surface area contributed by atoms with E-state index >= 15 is 0 Å². The highest BCUT2D eigenvalue weighted by molar-refractivity contribution is 5.86. The molecule has 2 rings (SSSR count). The van der Waals surface area contributed by atoms with Crippen LogP contribution in [-0.4, -0.2) is 39.7 Å². The number of carbonyl (C=O) groups excluding carboxylic acids is 1. The van der Waals surface area contributed by atoms with Gasteiger partial charge in [0.2, 0.25) is 5.91 Å². The Morgan fingerprint density at radius 3 is 2.95 bits per heavy atom. The molecule has 0 aromatic carbocycles. The molecule has 5 nitrogen and oxygen atoms in total. The van der Waals surface area contributed by atoms with Gasteiger partial charge in [-0.05, 0) is 25.8 Å². The molecule has 1 aromatic heterocycles. The Hall–Kier alpha value is -1.36. The number of aryl methyl sites for hydroxylation is 1. The highest BCUT2D eigenvalue weighted by atomic mass is 16.2. The number of nitrogens with zero attached hydrogens (tertiary/aromatic N) is 3.